The molecule has 0 aromatic rings. The molecule has 17 heavy (non-hydrogen) atoms. The number of hydrogen-bond donors (Lipinski definition) is 0. The Morgan fingerprint density at radius 3 is 2.53 bits per heavy atom. The molecule has 0 aromatic heterocycles. The van der Waals surface area contributed by atoms with Crippen molar-refractivity contribution < 1.29 is 4.74 Å². The highest BCUT2D eigenvalue weighted by molar-refractivity contribution is 5.15. The molecule has 0 aromatic carbocycles. The highest BCUT2D eigenvalue weighted by Gasteiger charge is 2.21. The number of rotatable bonds is 5. The van der Waals surface area contributed by atoms with Gasteiger partial charge in [-0.1, -0.05) is 38.7 Å². The molecule has 96 valence electrons. The minimum Gasteiger partial charge on any atom is -0.494 e. The zero-order chi connectivity index (χ0) is 11.9. The first-order chi connectivity index (χ1) is 8.38. The molecule has 1 heteroatoms. The van der Waals surface area contributed by atoms with Crippen molar-refractivity contribution in [2.75, 3.05) is 6.61 Å². The van der Waals surface area contributed by atoms with Crippen LogP contribution in [0.15, 0.2) is 24.0 Å². The van der Waals surface area contributed by atoms with Crippen molar-refractivity contribution in [3.63, 3.8) is 0 Å². The van der Waals surface area contributed by atoms with Gasteiger partial charge in [-0.3, -0.25) is 0 Å². The molecule has 0 heterocycles. The summed E-state index contributed by atoms with van der Waals surface area (Å²) in [6.45, 7) is 3.24. The third-order valence-corrected chi connectivity index (χ3v) is 4.11. The molecular formula is C16H26O. The Kier molecular flexibility index (Phi) is 5.15. The summed E-state index contributed by atoms with van der Waals surface area (Å²) in [4.78, 5) is 0. The van der Waals surface area contributed by atoms with Crippen LogP contribution < -0.4 is 0 Å². The lowest BCUT2D eigenvalue weighted by Gasteiger charge is -2.28. The number of ether oxygens (including phenoxy) is 1. The fourth-order valence-electron chi connectivity index (χ4n) is 3.01. The SMILES string of the molecule is CCCC1CCC(COC2=CCCC=C2)CC1. The highest BCUT2D eigenvalue weighted by atomic mass is 16.5. The highest BCUT2D eigenvalue weighted by Crippen LogP contribution is 2.32. The van der Waals surface area contributed by atoms with E-state index in [0.29, 0.717) is 0 Å². The molecule has 1 fully saturated rings. The van der Waals surface area contributed by atoms with E-state index in [2.05, 4.69) is 25.2 Å². The molecule has 0 bridgehead atoms. The average Bonchev–Trinajstić information content (AvgIpc) is 2.40. The largest absolute Gasteiger partial charge is 0.494 e. The van der Waals surface area contributed by atoms with Crippen molar-refractivity contribution in [3.8, 4) is 0 Å². The molecule has 0 atom stereocenters. The fourth-order valence-corrected chi connectivity index (χ4v) is 3.01. The molecule has 0 radical (unpaired) electrons. The summed E-state index contributed by atoms with van der Waals surface area (Å²) in [6, 6.07) is 0. The van der Waals surface area contributed by atoms with Crippen molar-refractivity contribution >= 4 is 0 Å². The molecule has 0 saturated heterocycles. The standard InChI is InChI=1S/C16H26O/c1-2-6-14-9-11-15(12-10-14)13-17-16-7-4-3-5-8-16/h4,7-8,14-15H,2-3,5-6,9-13H2,1H3. The van der Waals surface area contributed by atoms with E-state index in [1.165, 1.54) is 44.9 Å². The van der Waals surface area contributed by atoms with Crippen LogP contribution in [-0.4, -0.2) is 6.61 Å². The molecule has 0 N–H and O–H groups in total. The van der Waals surface area contributed by atoms with E-state index in [4.69, 9.17) is 4.74 Å². The van der Waals surface area contributed by atoms with Crippen molar-refractivity contribution in [3.05, 3.63) is 24.0 Å². The van der Waals surface area contributed by atoms with E-state index < -0.39 is 0 Å². The summed E-state index contributed by atoms with van der Waals surface area (Å²) in [5.41, 5.74) is 0. The van der Waals surface area contributed by atoms with E-state index in [1.807, 2.05) is 0 Å². The second kappa shape index (κ2) is 6.88. The van der Waals surface area contributed by atoms with Crippen molar-refractivity contribution in [1.29, 1.82) is 0 Å². The molecule has 2 rings (SSSR count). The Morgan fingerprint density at radius 2 is 1.88 bits per heavy atom. The van der Waals surface area contributed by atoms with Crippen LogP contribution in [0.1, 0.15) is 58.3 Å². The van der Waals surface area contributed by atoms with E-state index in [1.54, 1.807) is 0 Å². The molecular weight excluding hydrogens is 208 g/mol. The second-order valence-electron chi connectivity index (χ2n) is 5.57. The first-order valence-corrected chi connectivity index (χ1v) is 7.38. The zero-order valence-electron chi connectivity index (χ0n) is 11.2. The minimum absolute atomic E-state index is 0.805. The van der Waals surface area contributed by atoms with Gasteiger partial charge >= 0.3 is 0 Å². The van der Waals surface area contributed by atoms with Crippen molar-refractivity contribution in [2.45, 2.75) is 58.3 Å². The Balaban J connectivity index is 1.64. The quantitative estimate of drug-likeness (QED) is 0.661. The van der Waals surface area contributed by atoms with Gasteiger partial charge < -0.3 is 4.74 Å². The molecule has 0 amide bonds. The van der Waals surface area contributed by atoms with Gasteiger partial charge in [0.05, 0.1) is 6.61 Å². The predicted octanol–water partition coefficient (Wildman–Crippen LogP) is 4.84. The van der Waals surface area contributed by atoms with Crippen LogP contribution in [0.25, 0.3) is 0 Å². The molecule has 2 aliphatic rings. The first-order valence-electron chi connectivity index (χ1n) is 7.38. The van der Waals surface area contributed by atoms with Crippen LogP contribution in [-0.2, 0) is 4.74 Å². The zero-order valence-corrected chi connectivity index (χ0v) is 11.2. The van der Waals surface area contributed by atoms with Gasteiger partial charge in [-0.25, -0.2) is 0 Å². The molecule has 0 aliphatic heterocycles. The van der Waals surface area contributed by atoms with Crippen LogP contribution in [0.5, 0.6) is 0 Å². The lowest BCUT2D eigenvalue weighted by molar-refractivity contribution is 0.132. The van der Waals surface area contributed by atoms with Gasteiger partial charge in [-0.15, -0.1) is 0 Å². The van der Waals surface area contributed by atoms with Gasteiger partial charge in [-0.05, 0) is 49.7 Å². The molecule has 0 spiro atoms. The van der Waals surface area contributed by atoms with Gasteiger partial charge in [0.2, 0.25) is 0 Å². The van der Waals surface area contributed by atoms with Crippen molar-refractivity contribution in [2.24, 2.45) is 11.8 Å². The minimum atomic E-state index is 0.805. The number of allylic oxidation sites excluding steroid dienone is 3. The van der Waals surface area contributed by atoms with E-state index in [-0.39, 0.29) is 0 Å². The van der Waals surface area contributed by atoms with Gasteiger partial charge in [-0.2, -0.15) is 0 Å². The van der Waals surface area contributed by atoms with Crippen molar-refractivity contribution in [1.82, 2.24) is 0 Å². The lowest BCUT2D eigenvalue weighted by Crippen LogP contribution is -2.18. The van der Waals surface area contributed by atoms with E-state index in [0.717, 1.165) is 30.6 Å². The first kappa shape index (κ1) is 12.7. The average molecular weight is 234 g/mol. The maximum atomic E-state index is 5.89. The molecule has 0 unspecified atom stereocenters. The third kappa shape index (κ3) is 4.22. The smallest absolute Gasteiger partial charge is 0.115 e. The maximum Gasteiger partial charge on any atom is 0.115 e. The lowest BCUT2D eigenvalue weighted by atomic mass is 9.80. The Hall–Kier alpha value is -0.720. The van der Waals surface area contributed by atoms with Crippen LogP contribution in [0.4, 0.5) is 0 Å². The monoisotopic (exact) mass is 234 g/mol. The topological polar surface area (TPSA) is 9.23 Å². The molecule has 1 saturated carbocycles. The van der Waals surface area contributed by atoms with Gasteiger partial charge in [0.1, 0.15) is 5.76 Å². The van der Waals surface area contributed by atoms with Crippen LogP contribution in [0.2, 0.25) is 0 Å². The van der Waals surface area contributed by atoms with Crippen LogP contribution in [0.3, 0.4) is 0 Å². The van der Waals surface area contributed by atoms with E-state index in [9.17, 15) is 0 Å². The summed E-state index contributed by atoms with van der Waals surface area (Å²) in [5, 5.41) is 0. The number of hydrogen-bond acceptors (Lipinski definition) is 1. The molecule has 1 nitrogen and oxygen atoms in total. The fraction of sp³-hybridized carbons (Fsp3) is 0.750. The summed E-state index contributed by atoms with van der Waals surface area (Å²) >= 11 is 0. The third-order valence-electron chi connectivity index (χ3n) is 4.11. The second-order valence-corrected chi connectivity index (χ2v) is 5.57. The summed E-state index contributed by atoms with van der Waals surface area (Å²) in [7, 11) is 0. The summed E-state index contributed by atoms with van der Waals surface area (Å²) < 4.78 is 5.89. The predicted molar refractivity (Wildman–Crippen MR) is 72.8 cm³/mol. The van der Waals surface area contributed by atoms with Gasteiger partial charge in [0.25, 0.3) is 0 Å². The Labute approximate surface area is 106 Å². The van der Waals surface area contributed by atoms with Crippen LogP contribution in [0, 0.1) is 11.8 Å². The van der Waals surface area contributed by atoms with Gasteiger partial charge in [0, 0.05) is 0 Å². The van der Waals surface area contributed by atoms with E-state index >= 15 is 0 Å². The normalized spacial score (nSPS) is 28.9. The molecule has 2 aliphatic carbocycles. The summed E-state index contributed by atoms with van der Waals surface area (Å²) in [6.07, 6.45) is 17.3. The van der Waals surface area contributed by atoms with Gasteiger partial charge in [0.15, 0.2) is 0 Å². The summed E-state index contributed by atoms with van der Waals surface area (Å²) in [5.74, 6) is 2.91. The maximum absolute atomic E-state index is 5.89. The Bertz CT molecular complexity index is 269. The Morgan fingerprint density at radius 1 is 1.12 bits per heavy atom. The van der Waals surface area contributed by atoms with Crippen LogP contribution >= 0.6 is 0 Å².